The summed E-state index contributed by atoms with van der Waals surface area (Å²) in [5, 5.41) is 0. The number of hydrogen-bond acceptors (Lipinski definition) is 2. The predicted octanol–water partition coefficient (Wildman–Crippen LogP) is -0.469. The molecule has 0 bridgehead atoms. The van der Waals surface area contributed by atoms with E-state index in [-0.39, 0.29) is 6.04 Å². The van der Waals surface area contributed by atoms with Crippen LogP contribution in [0.3, 0.4) is 0 Å². The SMILES string of the molecule is C#CC1OS(=O)N(C)C1C#C. The number of nitrogens with zero attached hydrogens (tertiary/aromatic N) is 1. The van der Waals surface area contributed by atoms with Crippen LogP contribution in [0.4, 0.5) is 0 Å². The molecule has 3 nitrogen and oxygen atoms in total. The summed E-state index contributed by atoms with van der Waals surface area (Å²) in [5.41, 5.74) is 0. The van der Waals surface area contributed by atoms with Crippen LogP contribution in [0, 0.1) is 24.7 Å². The maximum absolute atomic E-state index is 10.9. The van der Waals surface area contributed by atoms with Gasteiger partial charge in [-0.1, -0.05) is 11.8 Å². The molecule has 4 heteroatoms. The third kappa shape index (κ3) is 1.29. The molecule has 58 valence electrons. The zero-order valence-electron chi connectivity index (χ0n) is 5.98. The van der Waals surface area contributed by atoms with Crippen LogP contribution in [-0.2, 0) is 15.4 Å². The van der Waals surface area contributed by atoms with Gasteiger partial charge in [0.15, 0.2) is 6.10 Å². The summed E-state index contributed by atoms with van der Waals surface area (Å²) in [6, 6.07) is -0.374. The quantitative estimate of drug-likeness (QED) is 0.459. The van der Waals surface area contributed by atoms with Crippen LogP contribution >= 0.6 is 0 Å². The van der Waals surface area contributed by atoms with Crippen LogP contribution in [0.25, 0.3) is 0 Å². The lowest BCUT2D eigenvalue weighted by Crippen LogP contribution is -2.29. The molecule has 0 aromatic heterocycles. The van der Waals surface area contributed by atoms with Crippen molar-refractivity contribution in [1.82, 2.24) is 4.31 Å². The molecular weight excluding hydrogens is 162 g/mol. The van der Waals surface area contributed by atoms with E-state index in [2.05, 4.69) is 11.8 Å². The second-order valence-electron chi connectivity index (χ2n) is 2.06. The standard InChI is InChI=1S/C7H7NO2S/c1-4-6-7(5-2)10-11(9)8(6)3/h1-2,6-7H,3H3. The van der Waals surface area contributed by atoms with E-state index in [4.69, 9.17) is 17.0 Å². The number of hydrogen-bond donors (Lipinski definition) is 0. The molecule has 0 saturated carbocycles. The van der Waals surface area contributed by atoms with Gasteiger partial charge in [0, 0.05) is 7.05 Å². The minimum absolute atomic E-state index is 0.374. The Kier molecular flexibility index (Phi) is 2.31. The smallest absolute Gasteiger partial charge is 0.239 e. The van der Waals surface area contributed by atoms with Gasteiger partial charge >= 0.3 is 0 Å². The minimum atomic E-state index is -1.48. The van der Waals surface area contributed by atoms with Gasteiger partial charge in [0.2, 0.25) is 11.3 Å². The van der Waals surface area contributed by atoms with Crippen LogP contribution < -0.4 is 0 Å². The molecule has 0 N–H and O–H groups in total. The molecule has 0 aliphatic carbocycles. The van der Waals surface area contributed by atoms with Crippen LogP contribution in [0.5, 0.6) is 0 Å². The Labute approximate surface area is 68.5 Å². The van der Waals surface area contributed by atoms with Crippen molar-refractivity contribution in [3.05, 3.63) is 0 Å². The molecule has 1 fully saturated rings. The molecule has 3 atom stereocenters. The van der Waals surface area contributed by atoms with E-state index in [0.717, 1.165) is 0 Å². The molecule has 3 unspecified atom stereocenters. The Hall–Kier alpha value is -0.810. The third-order valence-electron chi connectivity index (χ3n) is 1.43. The summed E-state index contributed by atoms with van der Waals surface area (Å²) in [5.74, 6) is 4.74. The molecule has 0 aromatic rings. The Morgan fingerprint density at radius 2 is 2.18 bits per heavy atom. The highest BCUT2D eigenvalue weighted by molar-refractivity contribution is 7.78. The van der Waals surface area contributed by atoms with E-state index in [1.165, 1.54) is 4.31 Å². The molecule has 0 radical (unpaired) electrons. The van der Waals surface area contributed by atoms with E-state index in [1.807, 2.05) is 0 Å². The van der Waals surface area contributed by atoms with E-state index in [1.54, 1.807) is 7.05 Å². The summed E-state index contributed by atoms with van der Waals surface area (Å²) < 4.78 is 17.2. The molecule has 11 heavy (non-hydrogen) atoms. The normalized spacial score (nSPS) is 37.9. The predicted molar refractivity (Wildman–Crippen MR) is 42.2 cm³/mol. The van der Waals surface area contributed by atoms with Crippen LogP contribution in [0.2, 0.25) is 0 Å². The lowest BCUT2D eigenvalue weighted by molar-refractivity contribution is 0.295. The van der Waals surface area contributed by atoms with Gasteiger partial charge in [0.05, 0.1) is 0 Å². The summed E-state index contributed by atoms with van der Waals surface area (Å²) in [6.45, 7) is 0. The van der Waals surface area contributed by atoms with E-state index in [0.29, 0.717) is 0 Å². The van der Waals surface area contributed by atoms with Crippen molar-refractivity contribution < 1.29 is 8.39 Å². The monoisotopic (exact) mass is 169 g/mol. The fourth-order valence-corrected chi connectivity index (χ4v) is 1.63. The first-order valence-corrected chi connectivity index (χ1v) is 3.98. The molecule has 1 saturated heterocycles. The molecule has 1 rings (SSSR count). The molecule has 0 aromatic carbocycles. The Morgan fingerprint density at radius 3 is 2.55 bits per heavy atom. The molecule has 1 aliphatic rings. The minimum Gasteiger partial charge on any atom is -0.259 e. The fraction of sp³-hybridized carbons (Fsp3) is 0.429. The first-order valence-electron chi connectivity index (χ1n) is 2.95. The van der Waals surface area contributed by atoms with Crippen molar-refractivity contribution in [3.8, 4) is 24.7 Å². The van der Waals surface area contributed by atoms with Crippen molar-refractivity contribution in [2.24, 2.45) is 0 Å². The summed E-state index contributed by atoms with van der Waals surface area (Å²) in [4.78, 5) is 0. The van der Waals surface area contributed by atoms with Gasteiger partial charge in [-0.3, -0.25) is 4.18 Å². The highest BCUT2D eigenvalue weighted by Gasteiger charge is 2.36. The van der Waals surface area contributed by atoms with Crippen LogP contribution in [-0.4, -0.2) is 27.7 Å². The molecular formula is C7H7NO2S. The van der Waals surface area contributed by atoms with Gasteiger partial charge in [-0.25, -0.2) is 4.21 Å². The molecule has 0 amide bonds. The zero-order chi connectivity index (χ0) is 8.43. The fourth-order valence-electron chi connectivity index (χ4n) is 0.804. The lowest BCUT2D eigenvalue weighted by Gasteiger charge is -2.08. The second-order valence-corrected chi connectivity index (χ2v) is 3.26. The first kappa shape index (κ1) is 8.29. The topological polar surface area (TPSA) is 29.5 Å². The number of likely N-dealkylation sites (N-methyl/N-ethyl adjacent to an activating group) is 1. The van der Waals surface area contributed by atoms with Crippen molar-refractivity contribution in [1.29, 1.82) is 0 Å². The zero-order valence-corrected chi connectivity index (χ0v) is 6.80. The van der Waals surface area contributed by atoms with Gasteiger partial charge < -0.3 is 0 Å². The van der Waals surface area contributed by atoms with Crippen molar-refractivity contribution >= 4 is 11.3 Å². The van der Waals surface area contributed by atoms with Crippen molar-refractivity contribution in [2.75, 3.05) is 7.05 Å². The van der Waals surface area contributed by atoms with Gasteiger partial charge in [-0.2, -0.15) is 4.31 Å². The second kappa shape index (κ2) is 3.06. The van der Waals surface area contributed by atoms with Crippen LogP contribution in [0.15, 0.2) is 0 Å². The van der Waals surface area contributed by atoms with Gasteiger partial charge in [0.25, 0.3) is 0 Å². The average Bonchev–Trinajstić information content (AvgIpc) is 2.28. The van der Waals surface area contributed by atoms with Gasteiger partial charge in [0.1, 0.15) is 6.04 Å². The maximum atomic E-state index is 10.9. The summed E-state index contributed by atoms with van der Waals surface area (Å²) >= 11 is -1.48. The van der Waals surface area contributed by atoms with Crippen LogP contribution in [0.1, 0.15) is 0 Å². The first-order chi connectivity index (χ1) is 5.20. The average molecular weight is 169 g/mol. The van der Waals surface area contributed by atoms with Crippen molar-refractivity contribution in [2.45, 2.75) is 12.1 Å². The molecule has 1 heterocycles. The summed E-state index contributed by atoms with van der Waals surface area (Å²) in [7, 11) is 1.61. The third-order valence-corrected chi connectivity index (χ3v) is 2.50. The number of rotatable bonds is 0. The molecule has 1 aliphatic heterocycles. The van der Waals surface area contributed by atoms with E-state index < -0.39 is 17.4 Å². The van der Waals surface area contributed by atoms with Crippen molar-refractivity contribution in [3.63, 3.8) is 0 Å². The van der Waals surface area contributed by atoms with Gasteiger partial charge in [-0.15, -0.1) is 12.8 Å². The largest absolute Gasteiger partial charge is 0.259 e. The molecule has 0 spiro atoms. The van der Waals surface area contributed by atoms with E-state index >= 15 is 0 Å². The lowest BCUT2D eigenvalue weighted by atomic mass is 10.2. The summed E-state index contributed by atoms with van der Waals surface area (Å²) in [6.07, 6.45) is 9.69. The van der Waals surface area contributed by atoms with Gasteiger partial charge in [-0.05, 0) is 0 Å². The highest BCUT2D eigenvalue weighted by atomic mass is 32.2. The number of terminal acetylenes is 2. The van der Waals surface area contributed by atoms with E-state index in [9.17, 15) is 4.21 Å². The maximum Gasteiger partial charge on any atom is 0.239 e. The Bertz CT molecular complexity index is 263. The highest BCUT2D eigenvalue weighted by Crippen LogP contribution is 2.18. The Morgan fingerprint density at radius 1 is 1.55 bits per heavy atom. The Balaban J connectivity index is 2.85.